The lowest BCUT2D eigenvalue weighted by Crippen LogP contribution is -2.32. The van der Waals surface area contributed by atoms with E-state index in [4.69, 9.17) is 11.6 Å². The Hall–Kier alpha value is -2.24. The molecular weight excluding hydrogens is 366 g/mol. The first-order chi connectivity index (χ1) is 12.4. The number of carbonyl (C=O) groups excluding carboxylic acids is 1. The molecule has 3 rings (SSSR count). The van der Waals surface area contributed by atoms with Crippen LogP contribution < -0.4 is 10.6 Å². The highest BCUT2D eigenvalue weighted by atomic mass is 35.5. The second-order valence-electron chi connectivity index (χ2n) is 6.32. The molecule has 2 amide bonds. The zero-order chi connectivity index (χ0) is 18.8. The Labute approximate surface area is 162 Å². The molecule has 0 radical (unpaired) electrons. The molecule has 2 aromatic heterocycles. The van der Waals surface area contributed by atoms with Crippen molar-refractivity contribution < 1.29 is 4.79 Å². The van der Waals surface area contributed by atoms with Gasteiger partial charge in [-0.25, -0.2) is 4.79 Å². The van der Waals surface area contributed by atoms with Crippen molar-refractivity contribution in [2.24, 2.45) is 0 Å². The molecule has 2 heterocycles. The summed E-state index contributed by atoms with van der Waals surface area (Å²) in [6.45, 7) is 8.10. The van der Waals surface area contributed by atoms with Crippen molar-refractivity contribution >= 4 is 34.7 Å². The van der Waals surface area contributed by atoms with Gasteiger partial charge in [0.15, 0.2) is 0 Å². The lowest BCUT2D eigenvalue weighted by Gasteiger charge is -2.18. The number of halogens is 1. The molecule has 2 N–H and O–H groups in total. The fourth-order valence-corrected chi connectivity index (χ4v) is 4.36. The van der Waals surface area contributed by atoms with Crippen LogP contribution in [0.3, 0.4) is 0 Å². The van der Waals surface area contributed by atoms with E-state index in [0.29, 0.717) is 10.7 Å². The number of anilines is 1. The van der Waals surface area contributed by atoms with E-state index >= 15 is 0 Å². The molecule has 4 nitrogen and oxygen atoms in total. The molecule has 0 aliphatic rings. The highest BCUT2D eigenvalue weighted by Gasteiger charge is 2.21. The van der Waals surface area contributed by atoms with Crippen LogP contribution in [0.25, 0.3) is 5.00 Å². The molecule has 0 saturated carbocycles. The van der Waals surface area contributed by atoms with Crippen LogP contribution in [0.4, 0.5) is 10.5 Å². The van der Waals surface area contributed by atoms with E-state index in [1.165, 1.54) is 10.4 Å². The number of nitrogens with one attached hydrogen (secondary N) is 2. The van der Waals surface area contributed by atoms with Crippen molar-refractivity contribution in [3.63, 3.8) is 0 Å². The number of aromatic nitrogens is 1. The van der Waals surface area contributed by atoms with Gasteiger partial charge in [-0.05, 0) is 63.1 Å². The lowest BCUT2D eigenvalue weighted by molar-refractivity contribution is 0.249. The maximum absolute atomic E-state index is 12.5. The Bertz CT molecular complexity index is 931. The van der Waals surface area contributed by atoms with Crippen LogP contribution in [0.15, 0.2) is 42.7 Å². The minimum atomic E-state index is -0.246. The van der Waals surface area contributed by atoms with Crippen molar-refractivity contribution in [1.82, 2.24) is 9.88 Å². The van der Waals surface area contributed by atoms with Crippen molar-refractivity contribution in [2.75, 3.05) is 5.32 Å². The molecule has 136 valence electrons. The Morgan fingerprint density at radius 2 is 1.81 bits per heavy atom. The fraction of sp³-hybridized carbons (Fsp3) is 0.250. The van der Waals surface area contributed by atoms with E-state index in [1.54, 1.807) is 11.3 Å². The summed E-state index contributed by atoms with van der Waals surface area (Å²) in [5, 5.41) is 7.71. The van der Waals surface area contributed by atoms with Crippen molar-refractivity contribution in [3.05, 3.63) is 69.3 Å². The van der Waals surface area contributed by atoms with Gasteiger partial charge in [0, 0.05) is 33.5 Å². The molecule has 6 heteroatoms. The first-order valence-corrected chi connectivity index (χ1v) is 9.63. The predicted molar refractivity (Wildman–Crippen MR) is 110 cm³/mol. The van der Waals surface area contributed by atoms with E-state index in [2.05, 4.69) is 29.0 Å². The number of hydrogen-bond acceptors (Lipinski definition) is 2. The monoisotopic (exact) mass is 387 g/mol. The van der Waals surface area contributed by atoms with Crippen LogP contribution in [0.1, 0.15) is 34.5 Å². The topological polar surface area (TPSA) is 46.1 Å². The SMILES string of the molecule is Cc1sc(-n2cccc2)c([C@H](C)NC(=O)Nc2cccc(Cl)c2C)c1C. The van der Waals surface area contributed by atoms with Gasteiger partial charge in [0.05, 0.1) is 6.04 Å². The highest BCUT2D eigenvalue weighted by molar-refractivity contribution is 7.14. The number of amides is 2. The van der Waals surface area contributed by atoms with Crippen molar-refractivity contribution in [1.29, 1.82) is 0 Å². The first-order valence-electron chi connectivity index (χ1n) is 8.44. The highest BCUT2D eigenvalue weighted by Crippen LogP contribution is 2.35. The second-order valence-corrected chi connectivity index (χ2v) is 7.94. The third-order valence-electron chi connectivity index (χ3n) is 4.55. The van der Waals surface area contributed by atoms with Crippen LogP contribution in [0.5, 0.6) is 0 Å². The van der Waals surface area contributed by atoms with Crippen LogP contribution in [-0.2, 0) is 0 Å². The third-order valence-corrected chi connectivity index (χ3v) is 6.19. The first kappa shape index (κ1) is 18.5. The van der Waals surface area contributed by atoms with Gasteiger partial charge in [-0.3, -0.25) is 0 Å². The Morgan fingerprint density at radius 1 is 1.12 bits per heavy atom. The number of nitrogens with zero attached hydrogens (tertiary/aromatic N) is 1. The summed E-state index contributed by atoms with van der Waals surface area (Å²) in [5.41, 5.74) is 3.92. The Morgan fingerprint density at radius 3 is 2.50 bits per heavy atom. The number of urea groups is 1. The Kier molecular flexibility index (Phi) is 5.39. The molecule has 0 fully saturated rings. The summed E-state index contributed by atoms with van der Waals surface area (Å²) in [7, 11) is 0. The summed E-state index contributed by atoms with van der Waals surface area (Å²) < 4.78 is 2.09. The molecule has 0 aliphatic carbocycles. The zero-order valence-electron chi connectivity index (χ0n) is 15.3. The molecule has 1 atom stereocenters. The van der Waals surface area contributed by atoms with Crippen LogP contribution in [-0.4, -0.2) is 10.6 Å². The average molecular weight is 388 g/mol. The lowest BCUT2D eigenvalue weighted by atomic mass is 10.1. The third kappa shape index (κ3) is 3.64. The molecule has 1 aromatic carbocycles. The maximum Gasteiger partial charge on any atom is 0.319 e. The van der Waals surface area contributed by atoms with Gasteiger partial charge in [0.25, 0.3) is 0 Å². The smallest absolute Gasteiger partial charge is 0.319 e. The minimum absolute atomic E-state index is 0.128. The van der Waals surface area contributed by atoms with E-state index in [1.807, 2.05) is 56.6 Å². The molecule has 0 bridgehead atoms. The molecular formula is C20H22ClN3OS. The minimum Gasteiger partial charge on any atom is -0.331 e. The quantitative estimate of drug-likeness (QED) is 0.566. The number of thiophene rings is 1. The summed E-state index contributed by atoms with van der Waals surface area (Å²) >= 11 is 7.86. The van der Waals surface area contributed by atoms with E-state index < -0.39 is 0 Å². The summed E-state index contributed by atoms with van der Waals surface area (Å²) in [5.74, 6) is 0. The molecule has 0 spiro atoms. The summed E-state index contributed by atoms with van der Waals surface area (Å²) in [6.07, 6.45) is 4.05. The summed E-state index contributed by atoms with van der Waals surface area (Å²) in [4.78, 5) is 13.8. The zero-order valence-corrected chi connectivity index (χ0v) is 16.8. The van der Waals surface area contributed by atoms with Crippen molar-refractivity contribution in [3.8, 4) is 5.00 Å². The number of hydrogen-bond donors (Lipinski definition) is 2. The van der Waals surface area contributed by atoms with Crippen LogP contribution >= 0.6 is 22.9 Å². The number of benzene rings is 1. The van der Waals surface area contributed by atoms with Gasteiger partial charge < -0.3 is 15.2 Å². The van der Waals surface area contributed by atoms with Crippen LogP contribution in [0.2, 0.25) is 5.02 Å². The van der Waals surface area contributed by atoms with E-state index in [0.717, 1.165) is 16.1 Å². The van der Waals surface area contributed by atoms with Gasteiger partial charge >= 0.3 is 6.03 Å². The fourth-order valence-electron chi connectivity index (χ4n) is 2.97. The van der Waals surface area contributed by atoms with E-state index in [-0.39, 0.29) is 12.1 Å². The predicted octanol–water partition coefficient (Wildman–Crippen LogP) is 6.00. The van der Waals surface area contributed by atoms with Gasteiger partial charge in [0.1, 0.15) is 5.00 Å². The molecule has 0 aliphatic heterocycles. The van der Waals surface area contributed by atoms with Gasteiger partial charge in [-0.1, -0.05) is 17.7 Å². The van der Waals surface area contributed by atoms with Gasteiger partial charge in [-0.2, -0.15) is 0 Å². The largest absolute Gasteiger partial charge is 0.331 e. The molecule has 0 saturated heterocycles. The Balaban J connectivity index is 1.81. The van der Waals surface area contributed by atoms with Gasteiger partial charge in [-0.15, -0.1) is 11.3 Å². The normalized spacial score (nSPS) is 12.0. The maximum atomic E-state index is 12.5. The van der Waals surface area contributed by atoms with Gasteiger partial charge in [0.2, 0.25) is 0 Å². The average Bonchev–Trinajstić information content (AvgIpc) is 3.21. The van der Waals surface area contributed by atoms with Crippen molar-refractivity contribution in [2.45, 2.75) is 33.7 Å². The number of aryl methyl sites for hydroxylation is 1. The number of rotatable bonds is 4. The van der Waals surface area contributed by atoms with Crippen LogP contribution in [0, 0.1) is 20.8 Å². The summed E-state index contributed by atoms with van der Waals surface area (Å²) in [6, 6.07) is 9.11. The standard InChI is InChI=1S/C20H22ClN3OS/c1-12-15(4)26-19(24-10-5-6-11-24)18(12)14(3)22-20(25)23-17-9-7-8-16(21)13(17)2/h5-11,14H,1-4H3,(H2,22,23,25)/t14-/m0/s1. The van der Waals surface area contributed by atoms with E-state index in [9.17, 15) is 4.79 Å². The molecule has 0 unspecified atom stereocenters. The molecule has 3 aromatic rings. The number of carbonyl (C=O) groups is 1. The molecule has 26 heavy (non-hydrogen) atoms. The second kappa shape index (κ2) is 7.56.